The predicted octanol–water partition coefficient (Wildman–Crippen LogP) is 2.75. The molecule has 0 fully saturated rings. The quantitative estimate of drug-likeness (QED) is 0.856. The van der Waals surface area contributed by atoms with Gasteiger partial charge in [-0.1, -0.05) is 31.2 Å². The number of rotatable bonds is 5. The molecule has 0 radical (unpaired) electrons. The molecule has 21 heavy (non-hydrogen) atoms. The van der Waals surface area contributed by atoms with E-state index in [0.717, 1.165) is 12.1 Å². The molecule has 2 rings (SSSR count). The number of anilines is 1. The first-order valence-corrected chi connectivity index (χ1v) is 6.88. The molecule has 1 aromatic carbocycles. The van der Waals surface area contributed by atoms with Crippen molar-refractivity contribution in [3.05, 3.63) is 53.0 Å². The summed E-state index contributed by atoms with van der Waals surface area (Å²) in [5.41, 5.74) is 3.23. The van der Waals surface area contributed by atoms with Crippen molar-refractivity contribution in [2.45, 2.75) is 26.8 Å². The Morgan fingerprint density at radius 1 is 1.24 bits per heavy atom. The summed E-state index contributed by atoms with van der Waals surface area (Å²) >= 11 is 0. The van der Waals surface area contributed by atoms with Crippen LogP contribution in [-0.4, -0.2) is 23.0 Å². The predicted molar refractivity (Wildman–Crippen MR) is 81.3 cm³/mol. The van der Waals surface area contributed by atoms with Gasteiger partial charge in [0.25, 0.3) is 0 Å². The number of carbonyl (C=O) groups is 1. The lowest BCUT2D eigenvalue weighted by Crippen LogP contribution is -2.11. The van der Waals surface area contributed by atoms with Crippen molar-refractivity contribution in [3.8, 4) is 0 Å². The first-order valence-electron chi connectivity index (χ1n) is 6.88. The molecule has 1 heterocycles. The number of hydrogen-bond acceptors (Lipinski definition) is 5. The summed E-state index contributed by atoms with van der Waals surface area (Å²) in [5.74, 6) is 0.160. The van der Waals surface area contributed by atoms with E-state index in [1.54, 1.807) is 6.07 Å². The minimum atomic E-state index is -0.532. The van der Waals surface area contributed by atoms with Crippen molar-refractivity contribution in [2.24, 2.45) is 0 Å². The number of aryl methyl sites for hydroxylation is 2. The van der Waals surface area contributed by atoms with Gasteiger partial charge < -0.3 is 10.1 Å². The number of esters is 1. The monoisotopic (exact) mass is 285 g/mol. The zero-order valence-corrected chi connectivity index (χ0v) is 12.5. The molecule has 0 saturated heterocycles. The first kappa shape index (κ1) is 15.0. The lowest BCUT2D eigenvalue weighted by molar-refractivity contribution is 0.0586. The lowest BCUT2D eigenvalue weighted by atomic mass is 10.1. The molecule has 2 aromatic rings. The van der Waals surface area contributed by atoms with Gasteiger partial charge in [-0.2, -0.15) is 0 Å². The molecule has 0 unspecified atom stereocenters. The largest absolute Gasteiger partial charge is 0.463 e. The van der Waals surface area contributed by atoms with Crippen LogP contribution in [0, 0.1) is 6.92 Å². The van der Waals surface area contributed by atoms with Crippen LogP contribution in [0.3, 0.4) is 0 Å². The molecule has 0 atom stereocenters. The Morgan fingerprint density at radius 2 is 1.95 bits per heavy atom. The smallest absolute Gasteiger partial charge is 0.376 e. The summed E-state index contributed by atoms with van der Waals surface area (Å²) < 4.78 is 4.65. The van der Waals surface area contributed by atoms with Gasteiger partial charge in [0.15, 0.2) is 0 Å². The van der Waals surface area contributed by atoms with E-state index in [0.29, 0.717) is 12.4 Å². The number of nitrogens with one attached hydrogen (secondary N) is 1. The number of benzene rings is 1. The van der Waals surface area contributed by atoms with Crippen molar-refractivity contribution < 1.29 is 9.53 Å². The highest BCUT2D eigenvalue weighted by atomic mass is 16.5. The molecular weight excluding hydrogens is 266 g/mol. The van der Waals surface area contributed by atoms with Gasteiger partial charge in [-0.25, -0.2) is 14.8 Å². The van der Waals surface area contributed by atoms with Crippen LogP contribution in [0.4, 0.5) is 5.82 Å². The number of ether oxygens (including phenoxy) is 1. The minimum Gasteiger partial charge on any atom is -0.463 e. The summed E-state index contributed by atoms with van der Waals surface area (Å²) in [6, 6.07) is 10.1. The van der Waals surface area contributed by atoms with Gasteiger partial charge in [-0.15, -0.1) is 0 Å². The van der Waals surface area contributed by atoms with Crippen LogP contribution in [0.2, 0.25) is 0 Å². The highest BCUT2D eigenvalue weighted by molar-refractivity contribution is 5.85. The summed E-state index contributed by atoms with van der Waals surface area (Å²) in [6.07, 6.45) is 0.980. The molecule has 110 valence electrons. The second-order valence-electron chi connectivity index (χ2n) is 4.69. The Hall–Kier alpha value is -2.43. The topological polar surface area (TPSA) is 64.1 Å². The zero-order valence-electron chi connectivity index (χ0n) is 12.5. The first-order chi connectivity index (χ1) is 10.1. The van der Waals surface area contributed by atoms with Gasteiger partial charge in [0, 0.05) is 18.3 Å². The Morgan fingerprint density at radius 3 is 2.62 bits per heavy atom. The molecular formula is C16H19N3O2. The number of carbonyl (C=O) groups excluding carboxylic acids is 1. The van der Waals surface area contributed by atoms with Crippen molar-refractivity contribution in [2.75, 3.05) is 12.4 Å². The van der Waals surface area contributed by atoms with Crippen LogP contribution in [0.15, 0.2) is 30.3 Å². The third-order valence-corrected chi connectivity index (χ3v) is 3.18. The van der Waals surface area contributed by atoms with E-state index >= 15 is 0 Å². The molecule has 0 aliphatic carbocycles. The number of nitrogens with zero attached hydrogens (tertiary/aromatic N) is 2. The van der Waals surface area contributed by atoms with E-state index in [4.69, 9.17) is 0 Å². The van der Waals surface area contributed by atoms with E-state index in [-0.39, 0.29) is 5.82 Å². The SMILES string of the molecule is CCc1ccccc1CNc1cc(C)nc(C(=O)OC)n1. The van der Waals surface area contributed by atoms with E-state index in [9.17, 15) is 4.79 Å². The average molecular weight is 285 g/mol. The highest BCUT2D eigenvalue weighted by Crippen LogP contribution is 2.13. The Kier molecular flexibility index (Phi) is 4.87. The normalized spacial score (nSPS) is 10.2. The van der Waals surface area contributed by atoms with E-state index in [2.05, 4.69) is 39.1 Å². The third kappa shape index (κ3) is 3.78. The van der Waals surface area contributed by atoms with Crippen LogP contribution in [0.25, 0.3) is 0 Å². The summed E-state index contributed by atoms with van der Waals surface area (Å²) in [7, 11) is 1.32. The van der Waals surface area contributed by atoms with E-state index in [1.807, 2.05) is 19.1 Å². The summed E-state index contributed by atoms with van der Waals surface area (Å²) in [5, 5.41) is 3.24. The summed E-state index contributed by atoms with van der Waals surface area (Å²) in [4.78, 5) is 19.8. The van der Waals surface area contributed by atoms with Gasteiger partial charge in [0.05, 0.1) is 7.11 Å². The summed E-state index contributed by atoms with van der Waals surface area (Å²) in [6.45, 7) is 4.60. The van der Waals surface area contributed by atoms with Crippen LogP contribution in [0.5, 0.6) is 0 Å². The third-order valence-electron chi connectivity index (χ3n) is 3.18. The zero-order chi connectivity index (χ0) is 15.2. The van der Waals surface area contributed by atoms with Crippen molar-refractivity contribution in [3.63, 3.8) is 0 Å². The maximum atomic E-state index is 11.5. The second-order valence-corrected chi connectivity index (χ2v) is 4.69. The molecule has 0 amide bonds. The van der Waals surface area contributed by atoms with E-state index in [1.165, 1.54) is 18.2 Å². The van der Waals surface area contributed by atoms with Gasteiger partial charge in [0.1, 0.15) is 5.82 Å². The fourth-order valence-corrected chi connectivity index (χ4v) is 2.10. The van der Waals surface area contributed by atoms with E-state index < -0.39 is 5.97 Å². The van der Waals surface area contributed by atoms with Crippen LogP contribution in [-0.2, 0) is 17.7 Å². The Balaban J connectivity index is 2.16. The van der Waals surface area contributed by atoms with Gasteiger partial charge in [-0.3, -0.25) is 0 Å². The maximum absolute atomic E-state index is 11.5. The second kappa shape index (κ2) is 6.83. The average Bonchev–Trinajstić information content (AvgIpc) is 2.51. The van der Waals surface area contributed by atoms with Crippen LogP contribution >= 0.6 is 0 Å². The van der Waals surface area contributed by atoms with Gasteiger partial charge in [-0.05, 0) is 24.5 Å². The highest BCUT2D eigenvalue weighted by Gasteiger charge is 2.11. The fraction of sp³-hybridized carbons (Fsp3) is 0.312. The van der Waals surface area contributed by atoms with Crippen LogP contribution in [0.1, 0.15) is 34.4 Å². The molecule has 0 aliphatic heterocycles. The molecule has 1 aromatic heterocycles. The van der Waals surface area contributed by atoms with Crippen molar-refractivity contribution in [1.29, 1.82) is 0 Å². The van der Waals surface area contributed by atoms with Crippen molar-refractivity contribution in [1.82, 2.24) is 9.97 Å². The Labute approximate surface area is 124 Å². The minimum absolute atomic E-state index is 0.0729. The van der Waals surface area contributed by atoms with Crippen molar-refractivity contribution >= 4 is 11.8 Å². The maximum Gasteiger partial charge on any atom is 0.376 e. The molecule has 5 nitrogen and oxygen atoms in total. The standard InChI is InChI=1S/C16H19N3O2/c1-4-12-7-5-6-8-13(12)10-17-14-9-11(2)18-15(19-14)16(20)21-3/h5-9H,4,10H2,1-3H3,(H,17,18,19). The molecule has 1 N–H and O–H groups in total. The Bertz CT molecular complexity index is 641. The molecule has 0 saturated carbocycles. The molecule has 0 aliphatic rings. The van der Waals surface area contributed by atoms with Gasteiger partial charge in [0.2, 0.25) is 5.82 Å². The number of methoxy groups -OCH3 is 1. The van der Waals surface area contributed by atoms with Crippen LogP contribution < -0.4 is 5.32 Å². The lowest BCUT2D eigenvalue weighted by Gasteiger charge is -2.10. The molecule has 0 spiro atoms. The molecule has 5 heteroatoms. The molecule has 0 bridgehead atoms. The number of aromatic nitrogens is 2. The fourth-order valence-electron chi connectivity index (χ4n) is 2.10. The van der Waals surface area contributed by atoms with Gasteiger partial charge >= 0.3 is 5.97 Å². The number of hydrogen-bond donors (Lipinski definition) is 1.